The van der Waals surface area contributed by atoms with Gasteiger partial charge in [-0.1, -0.05) is 19.8 Å². The lowest BCUT2D eigenvalue weighted by Crippen LogP contribution is -2.02. The van der Waals surface area contributed by atoms with Gasteiger partial charge in [-0.15, -0.1) is 0 Å². The van der Waals surface area contributed by atoms with Crippen LogP contribution in [-0.4, -0.2) is 6.54 Å². The average Bonchev–Trinajstić information content (AvgIpc) is 2.20. The van der Waals surface area contributed by atoms with Crippen LogP contribution in [0.5, 0.6) is 0 Å². The van der Waals surface area contributed by atoms with E-state index >= 15 is 0 Å². The summed E-state index contributed by atoms with van der Waals surface area (Å²) in [6, 6.07) is 3.91. The van der Waals surface area contributed by atoms with Crippen LogP contribution in [0.2, 0.25) is 0 Å². The number of halogens is 2. The summed E-state index contributed by atoms with van der Waals surface area (Å²) in [5, 5.41) is 3.38. The van der Waals surface area contributed by atoms with Crippen LogP contribution in [0.4, 0.5) is 11.4 Å². The van der Waals surface area contributed by atoms with Crippen LogP contribution in [0.15, 0.2) is 21.1 Å². The zero-order valence-electron chi connectivity index (χ0n) is 8.82. The molecule has 0 heterocycles. The highest BCUT2D eigenvalue weighted by Gasteiger charge is 2.03. The van der Waals surface area contributed by atoms with Crippen LogP contribution in [-0.2, 0) is 0 Å². The number of hydrogen-bond acceptors (Lipinski definition) is 2. The monoisotopic (exact) mass is 334 g/mol. The second kappa shape index (κ2) is 6.38. The summed E-state index contributed by atoms with van der Waals surface area (Å²) in [5.74, 6) is 0. The van der Waals surface area contributed by atoms with Gasteiger partial charge in [0.05, 0.1) is 0 Å². The number of unbranched alkanes of at least 4 members (excludes halogenated alkanes) is 2. The molecule has 0 aromatic heterocycles. The Hall–Kier alpha value is -0.220. The maximum atomic E-state index is 5.76. The molecule has 1 aromatic carbocycles. The lowest BCUT2D eigenvalue weighted by atomic mass is 10.2. The van der Waals surface area contributed by atoms with E-state index in [1.807, 2.05) is 12.1 Å². The van der Waals surface area contributed by atoms with Crippen molar-refractivity contribution in [3.05, 3.63) is 21.1 Å². The molecule has 1 aromatic rings. The smallest absolute Gasteiger partial charge is 0.0497 e. The van der Waals surface area contributed by atoms with Crippen molar-refractivity contribution in [1.82, 2.24) is 0 Å². The van der Waals surface area contributed by atoms with Gasteiger partial charge >= 0.3 is 0 Å². The maximum Gasteiger partial charge on any atom is 0.0497 e. The molecule has 0 aliphatic rings. The first-order valence-electron chi connectivity index (χ1n) is 5.13. The Labute approximate surface area is 108 Å². The Balaban J connectivity index is 2.57. The van der Waals surface area contributed by atoms with E-state index in [9.17, 15) is 0 Å². The fourth-order valence-electron chi connectivity index (χ4n) is 1.30. The van der Waals surface area contributed by atoms with Crippen LogP contribution >= 0.6 is 31.9 Å². The molecular formula is C11H16Br2N2. The number of nitrogens with one attached hydrogen (secondary N) is 1. The fraction of sp³-hybridized carbons (Fsp3) is 0.455. The van der Waals surface area contributed by atoms with Crippen molar-refractivity contribution in [2.45, 2.75) is 26.2 Å². The molecule has 0 aliphatic carbocycles. The highest BCUT2D eigenvalue weighted by Crippen LogP contribution is 2.31. The molecule has 4 heteroatoms. The van der Waals surface area contributed by atoms with Crippen molar-refractivity contribution in [1.29, 1.82) is 0 Å². The summed E-state index contributed by atoms with van der Waals surface area (Å²) in [4.78, 5) is 0. The summed E-state index contributed by atoms with van der Waals surface area (Å²) in [7, 11) is 0. The molecule has 3 N–H and O–H groups in total. The first kappa shape index (κ1) is 12.8. The zero-order valence-corrected chi connectivity index (χ0v) is 12.0. The quantitative estimate of drug-likeness (QED) is 0.618. The molecule has 0 saturated heterocycles. The lowest BCUT2D eigenvalue weighted by Gasteiger charge is -2.10. The molecule has 84 valence electrons. The van der Waals surface area contributed by atoms with Crippen molar-refractivity contribution in [3.63, 3.8) is 0 Å². The number of anilines is 2. The van der Waals surface area contributed by atoms with E-state index in [1.54, 1.807) is 0 Å². The molecular weight excluding hydrogens is 320 g/mol. The van der Waals surface area contributed by atoms with E-state index in [0.717, 1.165) is 26.9 Å². The number of rotatable bonds is 5. The van der Waals surface area contributed by atoms with E-state index in [-0.39, 0.29) is 0 Å². The Kier molecular flexibility index (Phi) is 5.47. The van der Waals surface area contributed by atoms with Gasteiger partial charge in [0.25, 0.3) is 0 Å². The Morgan fingerprint density at radius 2 is 1.93 bits per heavy atom. The minimum atomic E-state index is 0.751. The van der Waals surface area contributed by atoms with Crippen LogP contribution < -0.4 is 11.1 Å². The van der Waals surface area contributed by atoms with Crippen LogP contribution in [0.25, 0.3) is 0 Å². The van der Waals surface area contributed by atoms with E-state index in [1.165, 1.54) is 19.3 Å². The van der Waals surface area contributed by atoms with Crippen molar-refractivity contribution in [2.24, 2.45) is 0 Å². The first-order valence-corrected chi connectivity index (χ1v) is 6.72. The zero-order chi connectivity index (χ0) is 11.3. The van der Waals surface area contributed by atoms with Gasteiger partial charge in [-0.3, -0.25) is 0 Å². The molecule has 0 radical (unpaired) electrons. The Morgan fingerprint density at radius 3 is 2.60 bits per heavy atom. The van der Waals surface area contributed by atoms with Crippen molar-refractivity contribution < 1.29 is 0 Å². The lowest BCUT2D eigenvalue weighted by molar-refractivity contribution is 0.743. The SMILES string of the molecule is CCCCCNc1cc(Br)c(N)cc1Br. The van der Waals surface area contributed by atoms with Gasteiger partial charge in [0.1, 0.15) is 0 Å². The van der Waals surface area contributed by atoms with E-state index < -0.39 is 0 Å². The molecule has 0 atom stereocenters. The first-order chi connectivity index (χ1) is 7.15. The van der Waals surface area contributed by atoms with Crippen LogP contribution in [0.3, 0.4) is 0 Å². The molecule has 2 nitrogen and oxygen atoms in total. The topological polar surface area (TPSA) is 38.0 Å². The summed E-state index contributed by atoms with van der Waals surface area (Å²) in [6.45, 7) is 3.21. The third-order valence-corrected chi connectivity index (χ3v) is 3.52. The minimum absolute atomic E-state index is 0.751. The highest BCUT2D eigenvalue weighted by atomic mass is 79.9. The minimum Gasteiger partial charge on any atom is -0.398 e. The molecule has 0 unspecified atom stereocenters. The predicted molar refractivity (Wildman–Crippen MR) is 74.3 cm³/mol. The summed E-state index contributed by atoms with van der Waals surface area (Å²) in [6.07, 6.45) is 3.71. The highest BCUT2D eigenvalue weighted by molar-refractivity contribution is 9.11. The van der Waals surface area contributed by atoms with Crippen molar-refractivity contribution in [2.75, 3.05) is 17.6 Å². The van der Waals surface area contributed by atoms with Gasteiger partial charge in [0.2, 0.25) is 0 Å². The van der Waals surface area contributed by atoms with Crippen LogP contribution in [0.1, 0.15) is 26.2 Å². The van der Waals surface area contributed by atoms with E-state index in [0.29, 0.717) is 0 Å². The van der Waals surface area contributed by atoms with Gasteiger partial charge in [0.15, 0.2) is 0 Å². The van der Waals surface area contributed by atoms with Crippen molar-refractivity contribution in [3.8, 4) is 0 Å². The van der Waals surface area contributed by atoms with Crippen LogP contribution in [0, 0.1) is 0 Å². The number of hydrogen-bond donors (Lipinski definition) is 2. The van der Waals surface area contributed by atoms with Gasteiger partial charge in [0, 0.05) is 26.9 Å². The van der Waals surface area contributed by atoms with E-state index in [2.05, 4.69) is 44.1 Å². The van der Waals surface area contributed by atoms with Gasteiger partial charge in [-0.2, -0.15) is 0 Å². The number of benzene rings is 1. The molecule has 15 heavy (non-hydrogen) atoms. The second-order valence-electron chi connectivity index (χ2n) is 3.49. The number of nitrogens with two attached hydrogens (primary N) is 1. The average molecular weight is 336 g/mol. The predicted octanol–water partition coefficient (Wildman–Crippen LogP) is 4.40. The van der Waals surface area contributed by atoms with E-state index in [4.69, 9.17) is 5.73 Å². The second-order valence-corrected chi connectivity index (χ2v) is 5.20. The van der Waals surface area contributed by atoms with Gasteiger partial charge in [-0.25, -0.2) is 0 Å². The van der Waals surface area contributed by atoms with Gasteiger partial charge < -0.3 is 11.1 Å². The largest absolute Gasteiger partial charge is 0.398 e. The Bertz CT molecular complexity index is 327. The molecule has 0 saturated carbocycles. The fourth-order valence-corrected chi connectivity index (χ4v) is 2.14. The normalized spacial score (nSPS) is 10.3. The maximum absolute atomic E-state index is 5.76. The summed E-state index contributed by atoms with van der Waals surface area (Å²) >= 11 is 6.90. The molecule has 1 rings (SSSR count). The third kappa shape index (κ3) is 4.03. The Morgan fingerprint density at radius 1 is 1.20 bits per heavy atom. The summed E-state index contributed by atoms with van der Waals surface area (Å²) in [5.41, 5.74) is 7.60. The van der Waals surface area contributed by atoms with Gasteiger partial charge in [-0.05, 0) is 50.4 Å². The third-order valence-electron chi connectivity index (χ3n) is 2.18. The molecule has 0 amide bonds. The number of nitrogen functional groups attached to an aromatic ring is 1. The summed E-state index contributed by atoms with van der Waals surface area (Å²) < 4.78 is 1.95. The molecule has 0 bridgehead atoms. The molecule has 0 fully saturated rings. The molecule has 0 aliphatic heterocycles. The van der Waals surface area contributed by atoms with Crippen molar-refractivity contribution >= 4 is 43.2 Å². The molecule has 0 spiro atoms. The standard InChI is InChI=1S/C11H16Br2N2/c1-2-3-4-5-15-11-7-8(12)10(14)6-9(11)13/h6-7,15H,2-5,14H2,1H3.